The quantitative estimate of drug-likeness (QED) is 0.760. The van der Waals surface area contributed by atoms with Crippen LogP contribution in [0.5, 0.6) is 0 Å². The first-order valence-electron chi connectivity index (χ1n) is 12.2. The number of hydrogen-bond donors (Lipinski definition) is 1. The van der Waals surface area contributed by atoms with Crippen LogP contribution in [0.3, 0.4) is 0 Å². The van der Waals surface area contributed by atoms with Gasteiger partial charge in [0.05, 0.1) is 0 Å². The fourth-order valence-electron chi connectivity index (χ4n) is 5.11. The number of aromatic nitrogens is 1. The number of amides is 2. The van der Waals surface area contributed by atoms with E-state index < -0.39 is 11.7 Å². The number of hydrogen-bond acceptors (Lipinski definition) is 5. The molecule has 0 aliphatic carbocycles. The first-order chi connectivity index (χ1) is 15.6. The number of imide groups is 1. The highest BCUT2D eigenvalue weighted by atomic mass is 16.6. The van der Waals surface area contributed by atoms with Crippen LogP contribution in [-0.4, -0.2) is 64.7 Å². The number of benzene rings is 1. The maximum atomic E-state index is 13.5. The van der Waals surface area contributed by atoms with E-state index in [0.717, 1.165) is 45.4 Å². The van der Waals surface area contributed by atoms with Crippen molar-refractivity contribution in [3.05, 3.63) is 35.0 Å². The van der Waals surface area contributed by atoms with E-state index in [1.807, 2.05) is 20.8 Å². The van der Waals surface area contributed by atoms with Crippen molar-refractivity contribution in [3.8, 4) is 0 Å². The fourth-order valence-corrected chi connectivity index (χ4v) is 5.11. The topological polar surface area (TPSA) is 66.8 Å². The van der Waals surface area contributed by atoms with E-state index in [1.54, 1.807) is 0 Å². The SMILES string of the molecule is Cc1ccc2c(c1)c1c(n2CCC(=O)N(C(=O)OC(C)(C)C)C2CCNCC2)CCN(C)C1. The molecule has 7 nitrogen and oxygen atoms in total. The van der Waals surface area contributed by atoms with Crippen molar-refractivity contribution in [1.29, 1.82) is 0 Å². The third-order valence-electron chi connectivity index (χ3n) is 6.68. The van der Waals surface area contributed by atoms with E-state index in [1.165, 1.54) is 32.6 Å². The summed E-state index contributed by atoms with van der Waals surface area (Å²) in [5.74, 6) is -0.146. The van der Waals surface area contributed by atoms with Gasteiger partial charge in [0.15, 0.2) is 0 Å². The van der Waals surface area contributed by atoms with E-state index in [9.17, 15) is 9.59 Å². The van der Waals surface area contributed by atoms with Gasteiger partial charge >= 0.3 is 6.09 Å². The van der Waals surface area contributed by atoms with Gasteiger partial charge in [-0.05, 0) is 78.4 Å². The fraction of sp³-hybridized carbons (Fsp3) is 0.615. The smallest absolute Gasteiger partial charge is 0.417 e. The Morgan fingerprint density at radius 2 is 1.94 bits per heavy atom. The summed E-state index contributed by atoms with van der Waals surface area (Å²) in [5, 5.41) is 4.60. The standard InChI is InChI=1S/C26H38N4O3/c1-18-6-7-22-20(16-18)21-17-28(5)14-10-23(21)29(22)15-11-24(31)30(19-8-12-27-13-9-19)25(32)33-26(2,3)4/h6-7,16,19,27H,8-15,17H2,1-5H3. The number of nitrogens with zero attached hydrogens (tertiary/aromatic N) is 3. The number of ether oxygens (including phenoxy) is 1. The van der Waals surface area contributed by atoms with Crippen LogP contribution in [-0.2, 0) is 29.0 Å². The third kappa shape index (κ3) is 5.25. The lowest BCUT2D eigenvalue weighted by molar-refractivity contribution is -0.133. The van der Waals surface area contributed by atoms with Gasteiger partial charge in [0.25, 0.3) is 0 Å². The molecule has 2 aliphatic heterocycles. The molecule has 1 saturated heterocycles. The summed E-state index contributed by atoms with van der Waals surface area (Å²) >= 11 is 0. The Kier molecular flexibility index (Phi) is 6.82. The number of likely N-dealkylation sites (N-methyl/N-ethyl adjacent to an activating group) is 1. The van der Waals surface area contributed by atoms with E-state index in [4.69, 9.17) is 4.74 Å². The molecule has 33 heavy (non-hydrogen) atoms. The lowest BCUT2D eigenvalue weighted by atomic mass is 10.0. The van der Waals surface area contributed by atoms with Crippen molar-refractivity contribution >= 4 is 22.9 Å². The Morgan fingerprint density at radius 1 is 1.21 bits per heavy atom. The molecule has 2 aromatic rings. The zero-order chi connectivity index (χ0) is 23.8. The Bertz CT molecular complexity index is 1030. The van der Waals surface area contributed by atoms with Gasteiger partial charge in [-0.15, -0.1) is 0 Å². The third-order valence-corrected chi connectivity index (χ3v) is 6.68. The molecule has 0 unspecified atom stereocenters. The van der Waals surface area contributed by atoms with Crippen molar-refractivity contribution < 1.29 is 14.3 Å². The molecule has 2 amide bonds. The van der Waals surface area contributed by atoms with Crippen molar-refractivity contribution in [2.24, 2.45) is 0 Å². The highest BCUT2D eigenvalue weighted by Gasteiger charge is 2.34. The number of carbonyl (C=O) groups is 2. The molecule has 3 heterocycles. The summed E-state index contributed by atoms with van der Waals surface area (Å²) in [7, 11) is 2.16. The van der Waals surface area contributed by atoms with Crippen molar-refractivity contribution in [2.75, 3.05) is 26.7 Å². The van der Waals surface area contributed by atoms with Crippen LogP contribution in [0.25, 0.3) is 10.9 Å². The van der Waals surface area contributed by atoms with E-state index in [-0.39, 0.29) is 18.4 Å². The van der Waals surface area contributed by atoms with Gasteiger partial charge in [-0.1, -0.05) is 11.6 Å². The van der Waals surface area contributed by atoms with Gasteiger partial charge in [-0.2, -0.15) is 0 Å². The normalized spacial score (nSPS) is 17.7. The van der Waals surface area contributed by atoms with Crippen LogP contribution in [0, 0.1) is 6.92 Å². The Balaban J connectivity index is 1.59. The number of aryl methyl sites for hydroxylation is 2. The zero-order valence-electron chi connectivity index (χ0n) is 20.7. The van der Waals surface area contributed by atoms with Crippen LogP contribution < -0.4 is 5.32 Å². The number of piperidine rings is 1. The summed E-state index contributed by atoms with van der Waals surface area (Å²) < 4.78 is 7.94. The molecule has 1 N–H and O–H groups in total. The number of nitrogens with one attached hydrogen (secondary N) is 1. The highest BCUT2D eigenvalue weighted by Crippen LogP contribution is 2.32. The Hall–Kier alpha value is -2.38. The van der Waals surface area contributed by atoms with Crippen LogP contribution >= 0.6 is 0 Å². The lowest BCUT2D eigenvalue weighted by Crippen LogP contribution is -2.50. The Morgan fingerprint density at radius 3 is 2.64 bits per heavy atom. The average Bonchev–Trinajstić information content (AvgIpc) is 3.04. The summed E-state index contributed by atoms with van der Waals surface area (Å²) in [5.41, 5.74) is 4.49. The molecule has 4 rings (SSSR count). The Labute approximate surface area is 197 Å². The highest BCUT2D eigenvalue weighted by molar-refractivity contribution is 5.93. The van der Waals surface area contributed by atoms with E-state index in [0.29, 0.717) is 6.54 Å². The molecule has 0 radical (unpaired) electrons. The van der Waals surface area contributed by atoms with Gasteiger partial charge in [0, 0.05) is 55.1 Å². The van der Waals surface area contributed by atoms with Crippen LogP contribution in [0.1, 0.15) is 56.9 Å². The van der Waals surface area contributed by atoms with Gasteiger partial charge < -0.3 is 19.5 Å². The van der Waals surface area contributed by atoms with Crippen LogP contribution in [0.4, 0.5) is 4.79 Å². The molecule has 1 aromatic carbocycles. The minimum atomic E-state index is -0.637. The molecule has 180 valence electrons. The first kappa shape index (κ1) is 23.8. The summed E-state index contributed by atoms with van der Waals surface area (Å²) in [6, 6.07) is 6.46. The molecule has 0 saturated carbocycles. The minimum absolute atomic E-state index is 0.111. The second-order valence-electron chi connectivity index (χ2n) is 10.6. The summed E-state index contributed by atoms with van der Waals surface area (Å²) in [6.45, 7) is 11.8. The number of rotatable bonds is 4. The molecule has 2 aliphatic rings. The zero-order valence-corrected chi connectivity index (χ0v) is 20.7. The van der Waals surface area contributed by atoms with E-state index in [2.05, 4.69) is 47.0 Å². The molecule has 1 fully saturated rings. The van der Waals surface area contributed by atoms with Gasteiger partial charge in [-0.3, -0.25) is 4.79 Å². The van der Waals surface area contributed by atoms with Crippen molar-refractivity contribution in [1.82, 2.24) is 19.7 Å². The number of fused-ring (bicyclic) bond motifs is 3. The van der Waals surface area contributed by atoms with Gasteiger partial charge in [-0.25, -0.2) is 9.69 Å². The number of carbonyl (C=O) groups excluding carboxylic acids is 2. The predicted octanol–water partition coefficient (Wildman–Crippen LogP) is 3.84. The molecular formula is C26H38N4O3. The van der Waals surface area contributed by atoms with Crippen molar-refractivity contribution in [3.63, 3.8) is 0 Å². The molecule has 7 heteroatoms. The summed E-state index contributed by atoms with van der Waals surface area (Å²) in [6.07, 6.45) is 2.26. The first-order valence-corrected chi connectivity index (χ1v) is 12.2. The van der Waals surface area contributed by atoms with Crippen LogP contribution in [0.2, 0.25) is 0 Å². The molecule has 0 spiro atoms. The largest absolute Gasteiger partial charge is 0.443 e. The van der Waals surface area contributed by atoms with Gasteiger partial charge in [0.2, 0.25) is 5.91 Å². The monoisotopic (exact) mass is 454 g/mol. The average molecular weight is 455 g/mol. The maximum absolute atomic E-state index is 13.5. The molecule has 0 bridgehead atoms. The van der Waals surface area contributed by atoms with Crippen LogP contribution in [0.15, 0.2) is 18.2 Å². The second-order valence-corrected chi connectivity index (χ2v) is 10.6. The van der Waals surface area contributed by atoms with E-state index >= 15 is 0 Å². The van der Waals surface area contributed by atoms with Crippen molar-refractivity contribution in [2.45, 2.75) is 78.1 Å². The molecule has 0 atom stereocenters. The molecular weight excluding hydrogens is 416 g/mol. The second kappa shape index (κ2) is 9.47. The lowest BCUT2D eigenvalue weighted by Gasteiger charge is -2.34. The minimum Gasteiger partial charge on any atom is -0.443 e. The summed E-state index contributed by atoms with van der Waals surface area (Å²) in [4.78, 5) is 30.2. The maximum Gasteiger partial charge on any atom is 0.417 e. The molecule has 1 aromatic heterocycles. The predicted molar refractivity (Wildman–Crippen MR) is 130 cm³/mol. The van der Waals surface area contributed by atoms with Gasteiger partial charge in [0.1, 0.15) is 5.60 Å².